The van der Waals surface area contributed by atoms with E-state index in [9.17, 15) is 8.78 Å². The second kappa shape index (κ2) is 4.08. The van der Waals surface area contributed by atoms with E-state index in [1.165, 1.54) is 12.1 Å². The predicted octanol–water partition coefficient (Wildman–Crippen LogP) is 4.31. The van der Waals surface area contributed by atoms with Gasteiger partial charge >= 0.3 is 4.83 Å². The molecule has 15 heavy (non-hydrogen) atoms. The Hall–Kier alpha value is -0.640. The highest BCUT2D eigenvalue weighted by Gasteiger charge is 2.31. The van der Waals surface area contributed by atoms with Crippen LogP contribution in [0.4, 0.5) is 8.78 Å². The molecule has 0 spiro atoms. The summed E-state index contributed by atoms with van der Waals surface area (Å²) >= 11 is 2.33. The Morgan fingerprint density at radius 3 is 2.13 bits per heavy atom. The van der Waals surface area contributed by atoms with E-state index in [0.717, 1.165) is 0 Å². The van der Waals surface area contributed by atoms with Crippen LogP contribution in [0, 0.1) is 0 Å². The van der Waals surface area contributed by atoms with Crippen molar-refractivity contribution in [3.8, 4) is 5.75 Å². The highest BCUT2D eigenvalue weighted by Crippen LogP contribution is 2.40. The number of ether oxygens (including phenoxy) is 1. The molecule has 0 aliphatic carbocycles. The van der Waals surface area contributed by atoms with Crippen molar-refractivity contribution in [2.24, 2.45) is 0 Å². The Labute approximate surface area is 96.6 Å². The number of benzene rings is 1. The third-order valence-corrected chi connectivity index (χ3v) is 2.04. The first-order valence-corrected chi connectivity index (χ1v) is 5.35. The predicted molar refractivity (Wildman–Crippen MR) is 59.6 cm³/mol. The van der Waals surface area contributed by atoms with Gasteiger partial charge in [0.15, 0.2) is 0 Å². The van der Waals surface area contributed by atoms with E-state index in [0.29, 0.717) is 0 Å². The van der Waals surface area contributed by atoms with Crippen molar-refractivity contribution in [1.82, 2.24) is 0 Å². The molecular weight excluding hydrogens is 266 g/mol. The molecule has 1 aromatic rings. The molecule has 0 heterocycles. The van der Waals surface area contributed by atoms with E-state index in [2.05, 4.69) is 15.9 Å². The van der Waals surface area contributed by atoms with Gasteiger partial charge in [-0.3, -0.25) is 0 Å². The van der Waals surface area contributed by atoms with Gasteiger partial charge in [0.05, 0.1) is 5.56 Å². The van der Waals surface area contributed by atoms with Gasteiger partial charge in [0, 0.05) is 0 Å². The van der Waals surface area contributed by atoms with E-state index in [1.54, 1.807) is 12.1 Å². The van der Waals surface area contributed by atoms with Crippen LogP contribution in [0.2, 0.25) is 0 Å². The second-order valence-electron chi connectivity index (χ2n) is 4.21. The van der Waals surface area contributed by atoms with E-state index in [1.807, 2.05) is 20.8 Å². The van der Waals surface area contributed by atoms with Gasteiger partial charge in [-0.15, -0.1) is 0 Å². The zero-order chi connectivity index (χ0) is 11.7. The van der Waals surface area contributed by atoms with Gasteiger partial charge in [0.1, 0.15) is 11.4 Å². The number of alkyl halides is 3. The average Bonchev–Trinajstić information content (AvgIpc) is 1.99. The van der Waals surface area contributed by atoms with Crippen LogP contribution in [0.15, 0.2) is 24.3 Å². The number of halogens is 3. The highest BCUT2D eigenvalue weighted by molar-refractivity contribution is 9.09. The molecule has 0 amide bonds. The molecule has 0 N–H and O–H groups in total. The summed E-state index contributed by atoms with van der Waals surface area (Å²) in [7, 11) is 0. The summed E-state index contributed by atoms with van der Waals surface area (Å²) in [6, 6.07) is 6.11. The normalized spacial score (nSPS) is 12.7. The molecule has 0 aliphatic heterocycles. The fraction of sp³-hybridized carbons (Fsp3) is 0.455. The monoisotopic (exact) mass is 278 g/mol. The fourth-order valence-electron chi connectivity index (χ4n) is 1.12. The van der Waals surface area contributed by atoms with Crippen molar-refractivity contribution in [3.63, 3.8) is 0 Å². The zero-order valence-electron chi connectivity index (χ0n) is 8.85. The van der Waals surface area contributed by atoms with Crippen LogP contribution < -0.4 is 4.74 Å². The Kier molecular flexibility index (Phi) is 3.38. The maximum atomic E-state index is 13.1. The van der Waals surface area contributed by atoms with E-state index in [-0.39, 0.29) is 11.3 Å². The molecule has 4 heteroatoms. The lowest BCUT2D eigenvalue weighted by Crippen LogP contribution is -2.24. The van der Waals surface area contributed by atoms with Crippen LogP contribution in [-0.2, 0) is 4.83 Å². The molecule has 1 rings (SSSR count). The van der Waals surface area contributed by atoms with Crippen LogP contribution in [0.3, 0.4) is 0 Å². The number of para-hydroxylation sites is 1. The summed E-state index contributed by atoms with van der Waals surface area (Å²) in [4.78, 5) is -3.06. The van der Waals surface area contributed by atoms with Gasteiger partial charge in [-0.2, -0.15) is 8.78 Å². The number of hydrogen-bond acceptors (Lipinski definition) is 1. The van der Waals surface area contributed by atoms with Crippen LogP contribution >= 0.6 is 15.9 Å². The zero-order valence-corrected chi connectivity index (χ0v) is 10.4. The summed E-state index contributed by atoms with van der Waals surface area (Å²) in [5.41, 5.74) is -0.645. The van der Waals surface area contributed by atoms with E-state index in [4.69, 9.17) is 4.74 Å². The maximum absolute atomic E-state index is 13.1. The van der Waals surface area contributed by atoms with E-state index < -0.39 is 10.4 Å². The van der Waals surface area contributed by atoms with Gasteiger partial charge in [-0.1, -0.05) is 12.1 Å². The van der Waals surface area contributed by atoms with Crippen LogP contribution in [-0.4, -0.2) is 5.60 Å². The first-order valence-electron chi connectivity index (χ1n) is 4.55. The summed E-state index contributed by atoms with van der Waals surface area (Å²) in [5, 5.41) is 0. The Morgan fingerprint density at radius 1 is 1.13 bits per heavy atom. The standard InChI is InChI=1S/C11H13BrF2O/c1-10(2,3)15-9-7-5-4-6-8(9)11(12,13)14/h4-7H,1-3H3. The van der Waals surface area contributed by atoms with Gasteiger partial charge in [-0.05, 0) is 48.8 Å². The summed E-state index contributed by atoms with van der Waals surface area (Å²) in [6.07, 6.45) is 0. The topological polar surface area (TPSA) is 9.23 Å². The molecule has 0 aromatic heterocycles. The summed E-state index contributed by atoms with van der Waals surface area (Å²) in [5.74, 6) is 0.201. The summed E-state index contributed by atoms with van der Waals surface area (Å²) < 4.78 is 31.7. The smallest absolute Gasteiger partial charge is 0.330 e. The number of rotatable bonds is 2. The second-order valence-corrected chi connectivity index (χ2v) is 5.20. The Balaban J connectivity index is 3.08. The van der Waals surface area contributed by atoms with Crippen LogP contribution in [0.5, 0.6) is 5.75 Å². The minimum atomic E-state index is -3.06. The lowest BCUT2D eigenvalue weighted by Gasteiger charge is -2.24. The van der Waals surface area contributed by atoms with Crippen molar-refractivity contribution < 1.29 is 13.5 Å². The molecular formula is C11H13BrF2O. The molecule has 0 saturated heterocycles. The van der Waals surface area contributed by atoms with Gasteiger partial charge in [-0.25, -0.2) is 0 Å². The highest BCUT2D eigenvalue weighted by atomic mass is 79.9. The molecule has 0 saturated carbocycles. The molecule has 1 aromatic carbocycles. The first-order chi connectivity index (χ1) is 6.70. The first kappa shape index (κ1) is 12.4. The minimum Gasteiger partial charge on any atom is -0.488 e. The summed E-state index contributed by atoms with van der Waals surface area (Å²) in [6.45, 7) is 5.45. The van der Waals surface area contributed by atoms with E-state index >= 15 is 0 Å². The SMILES string of the molecule is CC(C)(C)Oc1ccccc1C(F)(F)Br. The van der Waals surface area contributed by atoms with Gasteiger partial charge in [0.25, 0.3) is 0 Å². The molecule has 1 nitrogen and oxygen atoms in total. The molecule has 0 radical (unpaired) electrons. The third kappa shape index (κ3) is 3.78. The quantitative estimate of drug-likeness (QED) is 0.733. The molecule has 0 unspecified atom stereocenters. The Morgan fingerprint density at radius 2 is 1.67 bits per heavy atom. The average molecular weight is 279 g/mol. The minimum absolute atomic E-state index is 0.153. The van der Waals surface area contributed by atoms with Crippen LogP contribution in [0.1, 0.15) is 26.3 Å². The van der Waals surface area contributed by atoms with Crippen LogP contribution in [0.25, 0.3) is 0 Å². The van der Waals surface area contributed by atoms with Crippen molar-refractivity contribution in [3.05, 3.63) is 29.8 Å². The van der Waals surface area contributed by atoms with Crippen molar-refractivity contribution in [1.29, 1.82) is 0 Å². The molecule has 0 aliphatic rings. The molecule has 0 bridgehead atoms. The van der Waals surface area contributed by atoms with Crippen molar-refractivity contribution in [2.45, 2.75) is 31.2 Å². The third-order valence-electron chi connectivity index (χ3n) is 1.61. The van der Waals surface area contributed by atoms with Gasteiger partial charge in [0.2, 0.25) is 0 Å². The molecule has 84 valence electrons. The number of hydrogen-bond donors (Lipinski definition) is 0. The lowest BCUT2D eigenvalue weighted by molar-refractivity contribution is 0.0915. The van der Waals surface area contributed by atoms with Crippen molar-refractivity contribution >= 4 is 15.9 Å². The van der Waals surface area contributed by atoms with Crippen molar-refractivity contribution in [2.75, 3.05) is 0 Å². The molecule has 0 fully saturated rings. The lowest BCUT2D eigenvalue weighted by atomic mass is 10.1. The largest absolute Gasteiger partial charge is 0.488 e. The molecule has 0 atom stereocenters. The van der Waals surface area contributed by atoms with Gasteiger partial charge < -0.3 is 4.74 Å². The Bertz CT molecular complexity index is 339. The maximum Gasteiger partial charge on any atom is 0.330 e. The fourth-order valence-corrected chi connectivity index (χ4v) is 1.45.